The number of nitrogens with zero attached hydrogens (tertiary/aromatic N) is 1. The second-order valence-corrected chi connectivity index (χ2v) is 6.44. The molecule has 0 bridgehead atoms. The molecule has 3 rings (SSSR count). The van der Waals surface area contributed by atoms with E-state index in [1.807, 2.05) is 42.2 Å². The van der Waals surface area contributed by atoms with Gasteiger partial charge < -0.3 is 14.7 Å². The van der Waals surface area contributed by atoms with Crippen LogP contribution in [0.25, 0.3) is 0 Å². The van der Waals surface area contributed by atoms with Crippen molar-refractivity contribution in [3.63, 3.8) is 0 Å². The number of amides is 1. The smallest absolute Gasteiger partial charge is 0.253 e. The lowest BCUT2D eigenvalue weighted by Crippen LogP contribution is -2.38. The van der Waals surface area contributed by atoms with Crippen LogP contribution in [-0.4, -0.2) is 35.1 Å². The molecule has 0 saturated carbocycles. The van der Waals surface area contributed by atoms with Gasteiger partial charge in [0.2, 0.25) is 0 Å². The Bertz CT molecular complexity index is 582. The van der Waals surface area contributed by atoms with Gasteiger partial charge in [0.05, 0.1) is 18.3 Å². The van der Waals surface area contributed by atoms with E-state index in [0.717, 1.165) is 49.1 Å². The van der Waals surface area contributed by atoms with Crippen LogP contribution in [0.3, 0.4) is 0 Å². The molecule has 2 aliphatic rings. The topological polar surface area (TPSA) is 49.8 Å². The number of allylic oxidation sites excluding steroid dienone is 1. The van der Waals surface area contributed by atoms with Crippen molar-refractivity contribution in [3.8, 4) is 0 Å². The third-order valence-electron chi connectivity index (χ3n) is 4.89. The molecule has 0 radical (unpaired) electrons. The van der Waals surface area contributed by atoms with Crippen molar-refractivity contribution in [2.24, 2.45) is 0 Å². The molecule has 2 heterocycles. The Morgan fingerprint density at radius 3 is 2.87 bits per heavy atom. The monoisotopic (exact) mass is 315 g/mol. The van der Waals surface area contributed by atoms with Crippen LogP contribution in [0, 0.1) is 0 Å². The van der Waals surface area contributed by atoms with Crippen LogP contribution in [0.1, 0.15) is 50.7 Å². The fraction of sp³-hybridized carbons (Fsp3) is 0.526. The van der Waals surface area contributed by atoms with E-state index in [1.165, 1.54) is 0 Å². The maximum absolute atomic E-state index is 12.8. The fourth-order valence-electron chi connectivity index (χ4n) is 3.59. The SMILES string of the molecule is CC1=C(C(=O)N2CCCC2CC(O)c2ccccc2)CCCO1. The Morgan fingerprint density at radius 2 is 2.13 bits per heavy atom. The van der Waals surface area contributed by atoms with Gasteiger partial charge in [-0.3, -0.25) is 4.79 Å². The number of ether oxygens (including phenoxy) is 1. The number of carbonyl (C=O) groups is 1. The van der Waals surface area contributed by atoms with E-state index in [0.29, 0.717) is 13.0 Å². The van der Waals surface area contributed by atoms with Crippen molar-refractivity contribution in [2.45, 2.75) is 51.2 Å². The van der Waals surface area contributed by atoms with Crippen LogP contribution >= 0.6 is 0 Å². The van der Waals surface area contributed by atoms with Gasteiger partial charge in [-0.25, -0.2) is 0 Å². The molecule has 4 heteroatoms. The second kappa shape index (κ2) is 7.18. The fourth-order valence-corrected chi connectivity index (χ4v) is 3.59. The molecule has 1 N–H and O–H groups in total. The average molecular weight is 315 g/mol. The Hall–Kier alpha value is -1.81. The average Bonchev–Trinajstić information content (AvgIpc) is 3.03. The molecule has 124 valence electrons. The molecule has 1 saturated heterocycles. The molecule has 4 nitrogen and oxygen atoms in total. The maximum atomic E-state index is 12.8. The number of rotatable bonds is 4. The summed E-state index contributed by atoms with van der Waals surface area (Å²) in [5.74, 6) is 0.875. The minimum Gasteiger partial charge on any atom is -0.498 e. The third-order valence-corrected chi connectivity index (χ3v) is 4.89. The molecule has 23 heavy (non-hydrogen) atoms. The van der Waals surface area contributed by atoms with Gasteiger partial charge in [0.1, 0.15) is 5.76 Å². The molecular formula is C19H25NO3. The summed E-state index contributed by atoms with van der Waals surface area (Å²) in [6.45, 7) is 3.37. The number of carbonyl (C=O) groups excluding carboxylic acids is 1. The summed E-state index contributed by atoms with van der Waals surface area (Å²) in [5, 5.41) is 10.5. The van der Waals surface area contributed by atoms with Crippen molar-refractivity contribution in [1.82, 2.24) is 4.90 Å². The number of hydrogen-bond donors (Lipinski definition) is 1. The summed E-state index contributed by atoms with van der Waals surface area (Å²) in [4.78, 5) is 14.8. The highest BCUT2D eigenvalue weighted by molar-refractivity contribution is 5.94. The van der Waals surface area contributed by atoms with E-state index in [4.69, 9.17) is 4.74 Å². The van der Waals surface area contributed by atoms with Crippen LogP contribution in [0.2, 0.25) is 0 Å². The summed E-state index contributed by atoms with van der Waals surface area (Å²) in [7, 11) is 0. The quantitative estimate of drug-likeness (QED) is 0.928. The molecule has 2 atom stereocenters. The third kappa shape index (κ3) is 3.58. The van der Waals surface area contributed by atoms with E-state index in [2.05, 4.69) is 0 Å². The normalized spacial score (nSPS) is 22.9. The van der Waals surface area contributed by atoms with Gasteiger partial charge in [-0.05, 0) is 44.6 Å². The van der Waals surface area contributed by atoms with Crippen molar-refractivity contribution in [1.29, 1.82) is 0 Å². The Kier molecular flexibility index (Phi) is 5.01. The van der Waals surface area contributed by atoms with Crippen molar-refractivity contribution in [3.05, 3.63) is 47.2 Å². The Balaban J connectivity index is 1.69. The van der Waals surface area contributed by atoms with Crippen LogP contribution in [0.15, 0.2) is 41.7 Å². The lowest BCUT2D eigenvalue weighted by Gasteiger charge is -2.29. The van der Waals surface area contributed by atoms with Gasteiger partial charge in [0.15, 0.2) is 0 Å². The standard InChI is InChI=1S/C19H25NO3/c1-14-17(10-6-12-23-14)19(22)20-11-5-9-16(20)13-18(21)15-7-3-2-4-8-15/h2-4,7-8,16,18,21H,5-6,9-13H2,1H3. The lowest BCUT2D eigenvalue weighted by molar-refractivity contribution is -0.129. The van der Waals surface area contributed by atoms with Crippen LogP contribution < -0.4 is 0 Å². The van der Waals surface area contributed by atoms with E-state index < -0.39 is 6.10 Å². The van der Waals surface area contributed by atoms with Gasteiger partial charge in [0.25, 0.3) is 5.91 Å². The largest absolute Gasteiger partial charge is 0.498 e. The molecule has 2 aliphatic heterocycles. The molecule has 0 aromatic heterocycles. The Morgan fingerprint density at radius 1 is 1.35 bits per heavy atom. The van der Waals surface area contributed by atoms with Gasteiger partial charge in [0, 0.05) is 12.6 Å². The zero-order valence-electron chi connectivity index (χ0n) is 13.7. The second-order valence-electron chi connectivity index (χ2n) is 6.44. The molecular weight excluding hydrogens is 290 g/mol. The summed E-state index contributed by atoms with van der Waals surface area (Å²) in [5.41, 5.74) is 1.74. The first-order chi connectivity index (χ1) is 11.2. The van der Waals surface area contributed by atoms with E-state index >= 15 is 0 Å². The van der Waals surface area contributed by atoms with E-state index in [1.54, 1.807) is 0 Å². The zero-order valence-corrected chi connectivity index (χ0v) is 13.7. The minimum absolute atomic E-state index is 0.102. The van der Waals surface area contributed by atoms with Crippen LogP contribution in [0.4, 0.5) is 0 Å². The molecule has 1 aromatic carbocycles. The molecule has 0 aliphatic carbocycles. The molecule has 2 unspecified atom stereocenters. The van der Waals surface area contributed by atoms with Crippen molar-refractivity contribution < 1.29 is 14.6 Å². The highest BCUT2D eigenvalue weighted by Gasteiger charge is 2.33. The number of hydrogen-bond acceptors (Lipinski definition) is 3. The maximum Gasteiger partial charge on any atom is 0.253 e. The van der Waals surface area contributed by atoms with Gasteiger partial charge in [-0.2, -0.15) is 0 Å². The van der Waals surface area contributed by atoms with Crippen LogP contribution in [-0.2, 0) is 9.53 Å². The first kappa shape index (κ1) is 16.1. The van der Waals surface area contributed by atoms with E-state index in [9.17, 15) is 9.90 Å². The highest BCUT2D eigenvalue weighted by Crippen LogP contribution is 2.30. The number of likely N-dealkylation sites (tertiary alicyclic amines) is 1. The van der Waals surface area contributed by atoms with Crippen molar-refractivity contribution >= 4 is 5.91 Å². The first-order valence-corrected chi connectivity index (χ1v) is 8.53. The predicted octanol–water partition coefficient (Wildman–Crippen LogP) is 3.19. The minimum atomic E-state index is -0.521. The number of aliphatic hydroxyl groups is 1. The summed E-state index contributed by atoms with van der Waals surface area (Å²) in [6.07, 6.45) is 3.75. The molecule has 1 fully saturated rings. The lowest BCUT2D eigenvalue weighted by atomic mass is 9.99. The van der Waals surface area contributed by atoms with Gasteiger partial charge >= 0.3 is 0 Å². The zero-order chi connectivity index (χ0) is 16.2. The van der Waals surface area contributed by atoms with Gasteiger partial charge in [-0.15, -0.1) is 0 Å². The molecule has 1 amide bonds. The summed E-state index contributed by atoms with van der Waals surface area (Å²) in [6, 6.07) is 9.80. The summed E-state index contributed by atoms with van der Waals surface area (Å²) >= 11 is 0. The number of aliphatic hydroxyl groups excluding tert-OH is 1. The predicted molar refractivity (Wildman–Crippen MR) is 88.6 cm³/mol. The number of benzene rings is 1. The van der Waals surface area contributed by atoms with Crippen molar-refractivity contribution in [2.75, 3.05) is 13.2 Å². The summed E-state index contributed by atoms with van der Waals surface area (Å²) < 4.78 is 5.54. The van der Waals surface area contributed by atoms with Crippen LogP contribution in [0.5, 0.6) is 0 Å². The van der Waals surface area contributed by atoms with E-state index in [-0.39, 0.29) is 11.9 Å². The van der Waals surface area contributed by atoms with Gasteiger partial charge in [-0.1, -0.05) is 30.3 Å². The molecule has 0 spiro atoms. The first-order valence-electron chi connectivity index (χ1n) is 8.53. The highest BCUT2D eigenvalue weighted by atomic mass is 16.5. The molecule has 1 aromatic rings. The Labute approximate surface area is 137 Å².